The van der Waals surface area contributed by atoms with Gasteiger partial charge in [-0.15, -0.1) is 0 Å². The SMILES string of the molecule is C1=C2C=C(c3c4ccccc4c(-c4ccc5c(c4)oc4c6ccccc6c6ccccc6c54)c4ccccc34)c3ccccc3C1c1ccccc1-c1ccccc12. The topological polar surface area (TPSA) is 13.1 Å². The Morgan fingerprint density at radius 2 is 0.862 bits per heavy atom. The predicted octanol–water partition coefficient (Wildman–Crippen LogP) is 15.5. The monoisotopic (exact) mass is 734 g/mol. The van der Waals surface area contributed by atoms with E-state index in [4.69, 9.17) is 4.42 Å². The third-order valence-electron chi connectivity index (χ3n) is 12.9. The maximum atomic E-state index is 6.92. The van der Waals surface area contributed by atoms with Crippen molar-refractivity contribution in [3.63, 3.8) is 0 Å². The van der Waals surface area contributed by atoms with E-state index in [2.05, 4.69) is 200 Å². The molecule has 10 aromatic carbocycles. The molecule has 0 aliphatic heterocycles. The first kappa shape index (κ1) is 31.7. The van der Waals surface area contributed by atoms with Crippen molar-refractivity contribution in [1.29, 1.82) is 0 Å². The fourth-order valence-electron chi connectivity index (χ4n) is 10.5. The van der Waals surface area contributed by atoms with Crippen LogP contribution in [0.2, 0.25) is 0 Å². The Labute approximate surface area is 335 Å². The highest BCUT2D eigenvalue weighted by atomic mass is 16.3. The van der Waals surface area contributed by atoms with Gasteiger partial charge in [0, 0.05) is 22.1 Å². The van der Waals surface area contributed by atoms with Gasteiger partial charge in [0.2, 0.25) is 0 Å². The second kappa shape index (κ2) is 12.0. The van der Waals surface area contributed by atoms with Crippen molar-refractivity contribution in [2.24, 2.45) is 0 Å². The van der Waals surface area contributed by atoms with E-state index in [1.54, 1.807) is 0 Å². The first-order valence-electron chi connectivity index (χ1n) is 20.2. The number of furan rings is 1. The van der Waals surface area contributed by atoms with Crippen molar-refractivity contribution in [3.05, 3.63) is 228 Å². The van der Waals surface area contributed by atoms with Gasteiger partial charge < -0.3 is 4.42 Å². The van der Waals surface area contributed by atoms with Crippen LogP contribution in [0.3, 0.4) is 0 Å². The Morgan fingerprint density at radius 3 is 1.55 bits per heavy atom. The lowest BCUT2D eigenvalue weighted by Crippen LogP contribution is -2.04. The molecule has 11 aromatic rings. The Kier molecular flexibility index (Phi) is 6.56. The summed E-state index contributed by atoms with van der Waals surface area (Å²) in [4.78, 5) is 0. The summed E-state index contributed by atoms with van der Waals surface area (Å²) in [6.07, 6.45) is 4.98. The van der Waals surface area contributed by atoms with E-state index < -0.39 is 0 Å². The van der Waals surface area contributed by atoms with Crippen molar-refractivity contribution in [1.82, 2.24) is 0 Å². The van der Waals surface area contributed by atoms with Crippen LogP contribution in [0.15, 0.2) is 205 Å². The van der Waals surface area contributed by atoms with Gasteiger partial charge in [-0.05, 0) is 117 Å². The van der Waals surface area contributed by atoms with Crippen LogP contribution in [0.4, 0.5) is 0 Å². The summed E-state index contributed by atoms with van der Waals surface area (Å²) in [6.45, 7) is 0. The van der Waals surface area contributed by atoms with E-state index in [-0.39, 0.29) is 5.92 Å². The molecule has 0 saturated heterocycles. The Hall–Kier alpha value is -7.48. The summed E-state index contributed by atoms with van der Waals surface area (Å²) < 4.78 is 6.92. The van der Waals surface area contributed by atoms with Gasteiger partial charge in [-0.2, -0.15) is 0 Å². The molecule has 1 unspecified atom stereocenters. The number of rotatable bonds is 2. The summed E-state index contributed by atoms with van der Waals surface area (Å²) in [5.41, 5.74) is 15.8. The zero-order valence-electron chi connectivity index (χ0n) is 31.5. The summed E-state index contributed by atoms with van der Waals surface area (Å²) in [6, 6.07) is 69.2. The fourth-order valence-corrected chi connectivity index (χ4v) is 10.5. The highest BCUT2D eigenvalue weighted by Gasteiger charge is 2.30. The first-order valence-corrected chi connectivity index (χ1v) is 20.2. The van der Waals surface area contributed by atoms with Crippen molar-refractivity contribution in [3.8, 4) is 22.3 Å². The van der Waals surface area contributed by atoms with Gasteiger partial charge in [0.15, 0.2) is 0 Å². The van der Waals surface area contributed by atoms with Crippen LogP contribution in [0.1, 0.15) is 33.7 Å². The first-order chi connectivity index (χ1) is 28.8. The molecule has 1 heterocycles. The molecule has 1 atom stereocenters. The molecular formula is C57H34O. The molecular weight excluding hydrogens is 701 g/mol. The number of hydrogen-bond acceptors (Lipinski definition) is 1. The molecule has 2 aliphatic rings. The van der Waals surface area contributed by atoms with Crippen LogP contribution < -0.4 is 0 Å². The Bertz CT molecular complexity index is 3570. The maximum Gasteiger partial charge on any atom is 0.143 e. The third-order valence-corrected chi connectivity index (χ3v) is 12.9. The second-order valence-corrected chi connectivity index (χ2v) is 15.8. The van der Waals surface area contributed by atoms with Crippen LogP contribution in [0.25, 0.3) is 98.4 Å². The lowest BCUT2D eigenvalue weighted by atomic mass is 9.80. The maximum absolute atomic E-state index is 6.92. The molecule has 1 aromatic heterocycles. The molecule has 58 heavy (non-hydrogen) atoms. The van der Waals surface area contributed by atoms with Crippen molar-refractivity contribution in [2.75, 3.05) is 0 Å². The minimum Gasteiger partial charge on any atom is -0.455 e. The third kappa shape index (κ3) is 4.36. The Balaban J connectivity index is 1.09. The molecule has 13 rings (SSSR count). The highest BCUT2D eigenvalue weighted by molar-refractivity contribution is 6.30. The van der Waals surface area contributed by atoms with Crippen molar-refractivity contribution in [2.45, 2.75) is 5.92 Å². The number of hydrogen-bond donors (Lipinski definition) is 0. The number of benzene rings is 10. The van der Waals surface area contributed by atoms with Crippen LogP contribution in [0.5, 0.6) is 0 Å². The normalized spacial score (nSPS) is 14.6. The molecule has 0 saturated carbocycles. The molecule has 0 amide bonds. The molecule has 1 heteroatoms. The molecule has 0 spiro atoms. The Morgan fingerprint density at radius 1 is 0.362 bits per heavy atom. The van der Waals surface area contributed by atoms with Gasteiger partial charge in [-0.3, -0.25) is 0 Å². The van der Waals surface area contributed by atoms with Gasteiger partial charge in [0.1, 0.15) is 11.2 Å². The lowest BCUT2D eigenvalue weighted by Gasteiger charge is -2.23. The van der Waals surface area contributed by atoms with Crippen LogP contribution in [-0.2, 0) is 0 Å². The van der Waals surface area contributed by atoms with E-state index in [0.717, 1.165) is 27.5 Å². The largest absolute Gasteiger partial charge is 0.455 e. The molecule has 0 N–H and O–H groups in total. The zero-order chi connectivity index (χ0) is 37.9. The summed E-state index contributed by atoms with van der Waals surface area (Å²) in [5.74, 6) is 0.116. The van der Waals surface area contributed by atoms with Crippen molar-refractivity contribution >= 4 is 76.2 Å². The minimum absolute atomic E-state index is 0.116. The van der Waals surface area contributed by atoms with Gasteiger partial charge >= 0.3 is 0 Å². The fraction of sp³-hybridized carbons (Fsp3) is 0.0175. The molecule has 0 fully saturated rings. The van der Waals surface area contributed by atoms with E-state index in [1.165, 1.54) is 98.7 Å². The summed E-state index contributed by atoms with van der Waals surface area (Å²) in [5, 5.41) is 12.1. The van der Waals surface area contributed by atoms with E-state index in [1.807, 2.05) is 0 Å². The van der Waals surface area contributed by atoms with Crippen LogP contribution in [-0.4, -0.2) is 0 Å². The smallest absolute Gasteiger partial charge is 0.143 e. The highest BCUT2D eigenvalue weighted by Crippen LogP contribution is 2.51. The summed E-state index contributed by atoms with van der Waals surface area (Å²) in [7, 11) is 0. The van der Waals surface area contributed by atoms with Crippen LogP contribution in [0, 0.1) is 0 Å². The zero-order valence-corrected chi connectivity index (χ0v) is 31.5. The molecule has 0 radical (unpaired) electrons. The standard InChI is InChI=1S/C57H34O/c1-2-16-37-36(15-1)35-31-51(41-20-4-3-17-38(37)41)42-21-5-6-22-43(42)52(32-35)55-47-26-12-10-24-45(47)54(46-25-11-13-27-48(46)55)34-29-30-50-53(33-34)58-57-49-28-14-8-19-40(49)39-18-7-9-23-44(39)56(50)57/h1-33,51H. The van der Waals surface area contributed by atoms with E-state index in [0.29, 0.717) is 0 Å². The van der Waals surface area contributed by atoms with E-state index in [9.17, 15) is 0 Å². The molecule has 268 valence electrons. The average Bonchev–Trinajstić information content (AvgIpc) is 3.52. The quantitative estimate of drug-likeness (QED) is 0.127. The number of fused-ring (bicyclic) bond motifs is 18. The lowest BCUT2D eigenvalue weighted by molar-refractivity contribution is 0.673. The number of allylic oxidation sites excluding steroid dienone is 3. The predicted molar refractivity (Wildman–Crippen MR) is 244 cm³/mol. The van der Waals surface area contributed by atoms with Gasteiger partial charge in [-0.1, -0.05) is 182 Å². The summed E-state index contributed by atoms with van der Waals surface area (Å²) >= 11 is 0. The van der Waals surface area contributed by atoms with Gasteiger partial charge in [0.25, 0.3) is 0 Å². The van der Waals surface area contributed by atoms with Crippen LogP contribution >= 0.6 is 0 Å². The van der Waals surface area contributed by atoms with Crippen molar-refractivity contribution < 1.29 is 4.42 Å². The minimum atomic E-state index is 0.116. The van der Waals surface area contributed by atoms with E-state index >= 15 is 0 Å². The second-order valence-electron chi connectivity index (χ2n) is 15.8. The average molecular weight is 735 g/mol. The molecule has 2 bridgehead atoms. The molecule has 2 aliphatic carbocycles. The molecule has 1 nitrogen and oxygen atoms in total. The van der Waals surface area contributed by atoms with Gasteiger partial charge in [-0.25, -0.2) is 0 Å². The van der Waals surface area contributed by atoms with Gasteiger partial charge in [0.05, 0.1) is 0 Å².